The van der Waals surface area contributed by atoms with Crippen molar-refractivity contribution in [2.75, 3.05) is 31.6 Å². The zero-order valence-corrected chi connectivity index (χ0v) is 21.3. The van der Waals surface area contributed by atoms with Gasteiger partial charge < -0.3 is 15.2 Å². The van der Waals surface area contributed by atoms with Gasteiger partial charge in [0.15, 0.2) is 5.82 Å². The van der Waals surface area contributed by atoms with Crippen LogP contribution in [0.5, 0.6) is 0 Å². The first-order chi connectivity index (χ1) is 17.9. The number of benzene rings is 1. The number of fused-ring (bicyclic) bond motifs is 1. The van der Waals surface area contributed by atoms with E-state index in [2.05, 4.69) is 40.1 Å². The van der Waals surface area contributed by atoms with Crippen LogP contribution in [0.2, 0.25) is 0 Å². The first kappa shape index (κ1) is 25.5. The van der Waals surface area contributed by atoms with Crippen molar-refractivity contribution >= 4 is 16.9 Å². The van der Waals surface area contributed by atoms with Gasteiger partial charge in [-0.15, -0.1) is 0 Å². The maximum absolute atomic E-state index is 15.0. The van der Waals surface area contributed by atoms with Gasteiger partial charge in [0.1, 0.15) is 5.69 Å². The zero-order valence-electron chi connectivity index (χ0n) is 21.3. The molecule has 2 N–H and O–H groups in total. The van der Waals surface area contributed by atoms with Gasteiger partial charge in [-0.05, 0) is 55.0 Å². The third-order valence-electron chi connectivity index (χ3n) is 7.31. The lowest BCUT2D eigenvalue weighted by Crippen LogP contribution is -2.42. The van der Waals surface area contributed by atoms with E-state index in [1.54, 1.807) is 0 Å². The van der Waals surface area contributed by atoms with Crippen molar-refractivity contribution in [3.63, 3.8) is 0 Å². The summed E-state index contributed by atoms with van der Waals surface area (Å²) < 4.78 is 20.2. The number of hydrogen-bond acceptors (Lipinski definition) is 8. The quantitative estimate of drug-likeness (QED) is 0.513. The number of piperidine rings is 1. The smallest absolute Gasteiger partial charge is 0.223 e. The molecule has 5 rings (SSSR count). The summed E-state index contributed by atoms with van der Waals surface area (Å²) in [5.41, 5.74) is 4.02. The van der Waals surface area contributed by atoms with Crippen LogP contribution in [0.3, 0.4) is 0 Å². The minimum absolute atomic E-state index is 0.0714. The predicted molar refractivity (Wildman–Crippen MR) is 139 cm³/mol. The molecular formula is C28H33FN6O2. The number of likely N-dealkylation sites (tertiary alicyclic amines) is 1. The molecule has 2 fully saturated rings. The fourth-order valence-corrected chi connectivity index (χ4v) is 5.45. The Bertz CT molecular complexity index is 1310. The number of aromatic nitrogens is 3. The van der Waals surface area contributed by atoms with Gasteiger partial charge in [-0.2, -0.15) is 5.26 Å². The van der Waals surface area contributed by atoms with Crippen molar-refractivity contribution in [1.82, 2.24) is 19.9 Å². The number of nitrogens with zero attached hydrogens (tertiary/aromatic N) is 5. The van der Waals surface area contributed by atoms with E-state index in [-0.39, 0.29) is 36.1 Å². The summed E-state index contributed by atoms with van der Waals surface area (Å²) in [6.45, 7) is 7.58. The summed E-state index contributed by atoms with van der Waals surface area (Å²) in [5.74, 6) is 0.0656. The number of nitrogens with one attached hydrogen (secondary N) is 1. The SMILES string of the molecule is CC(C)c1c(CN2CCC[C@H](C#N)C2)cnc2ccc(-c3nc(N[C@@H]4CCOC[C@@H]4O)ncc3F)cc12. The Kier molecular flexibility index (Phi) is 7.60. The summed E-state index contributed by atoms with van der Waals surface area (Å²) in [5, 5.41) is 23.7. The van der Waals surface area contributed by atoms with E-state index >= 15 is 0 Å². The highest BCUT2D eigenvalue weighted by atomic mass is 19.1. The number of halogens is 1. The number of aliphatic hydroxyl groups excluding tert-OH is 1. The second-order valence-corrected chi connectivity index (χ2v) is 10.4. The molecule has 2 saturated heterocycles. The topological polar surface area (TPSA) is 107 Å². The average Bonchev–Trinajstić information content (AvgIpc) is 2.90. The van der Waals surface area contributed by atoms with Crippen LogP contribution in [-0.4, -0.2) is 63.4 Å². The van der Waals surface area contributed by atoms with Gasteiger partial charge in [-0.1, -0.05) is 19.9 Å². The van der Waals surface area contributed by atoms with Gasteiger partial charge >= 0.3 is 0 Å². The Morgan fingerprint density at radius 2 is 2.14 bits per heavy atom. The van der Waals surface area contributed by atoms with Gasteiger partial charge in [0, 0.05) is 36.8 Å². The van der Waals surface area contributed by atoms with Crippen LogP contribution in [0, 0.1) is 23.1 Å². The summed E-state index contributed by atoms with van der Waals surface area (Å²) >= 11 is 0. The van der Waals surface area contributed by atoms with Crippen molar-refractivity contribution in [3.05, 3.63) is 47.5 Å². The highest BCUT2D eigenvalue weighted by molar-refractivity contribution is 5.88. The largest absolute Gasteiger partial charge is 0.389 e. The summed E-state index contributed by atoms with van der Waals surface area (Å²) in [6, 6.07) is 7.87. The molecule has 3 aromatic rings. The molecule has 0 unspecified atom stereocenters. The number of rotatable bonds is 6. The molecule has 37 heavy (non-hydrogen) atoms. The minimum Gasteiger partial charge on any atom is -0.389 e. The Morgan fingerprint density at radius 1 is 1.27 bits per heavy atom. The van der Waals surface area contributed by atoms with Crippen LogP contribution in [0.4, 0.5) is 10.3 Å². The summed E-state index contributed by atoms with van der Waals surface area (Å²) in [6.07, 6.45) is 5.03. The third-order valence-corrected chi connectivity index (χ3v) is 7.31. The fraction of sp³-hybridized carbons (Fsp3) is 0.500. The second kappa shape index (κ2) is 11.1. The van der Waals surface area contributed by atoms with Crippen LogP contribution in [0.1, 0.15) is 50.2 Å². The highest BCUT2D eigenvalue weighted by Gasteiger charge is 2.25. The molecule has 2 aliphatic heterocycles. The Morgan fingerprint density at radius 3 is 2.92 bits per heavy atom. The molecule has 0 amide bonds. The first-order valence-electron chi connectivity index (χ1n) is 13.0. The first-order valence-corrected chi connectivity index (χ1v) is 13.0. The molecular weight excluding hydrogens is 471 g/mol. The van der Waals surface area contributed by atoms with Crippen molar-refractivity contribution in [3.8, 4) is 17.3 Å². The van der Waals surface area contributed by atoms with Crippen molar-refractivity contribution in [1.29, 1.82) is 5.26 Å². The predicted octanol–water partition coefficient (Wildman–Crippen LogP) is 4.25. The normalized spacial score (nSPS) is 22.8. The van der Waals surface area contributed by atoms with E-state index < -0.39 is 11.9 Å². The van der Waals surface area contributed by atoms with Gasteiger partial charge in [-0.25, -0.2) is 14.4 Å². The second-order valence-electron chi connectivity index (χ2n) is 10.4. The van der Waals surface area contributed by atoms with Crippen molar-refractivity contribution < 1.29 is 14.2 Å². The minimum atomic E-state index is -0.673. The molecule has 2 aliphatic rings. The number of ether oxygens (including phenoxy) is 1. The van der Waals surface area contributed by atoms with E-state index in [4.69, 9.17) is 9.72 Å². The van der Waals surface area contributed by atoms with Gasteiger partial charge in [0.2, 0.25) is 5.95 Å². The van der Waals surface area contributed by atoms with Gasteiger partial charge in [0.25, 0.3) is 0 Å². The molecule has 0 radical (unpaired) electrons. The lowest BCUT2D eigenvalue weighted by atomic mass is 9.91. The number of pyridine rings is 1. The summed E-state index contributed by atoms with van der Waals surface area (Å²) in [7, 11) is 0. The standard InChI is InChI=1S/C28H33FN6O2/c1-17(2)26-20(15-35-8-3-4-18(11-30)14-35)12-31-23-6-5-19(10-21(23)26)27-22(29)13-32-28(34-27)33-24-7-9-37-16-25(24)36/h5-6,10,12-13,17-18,24-25,36H,3-4,7-9,14-16H2,1-2H3,(H,32,33,34)/t18-,24-,25+/m1/s1. The van der Waals surface area contributed by atoms with E-state index in [1.165, 1.54) is 11.8 Å². The van der Waals surface area contributed by atoms with Crippen LogP contribution in [-0.2, 0) is 11.3 Å². The Hall–Kier alpha value is -3.19. The van der Waals surface area contributed by atoms with Crippen LogP contribution >= 0.6 is 0 Å². The molecule has 8 nitrogen and oxygen atoms in total. The van der Waals surface area contributed by atoms with Crippen molar-refractivity contribution in [2.24, 2.45) is 5.92 Å². The molecule has 3 atom stereocenters. The van der Waals surface area contributed by atoms with E-state index in [0.29, 0.717) is 18.6 Å². The third kappa shape index (κ3) is 5.57. The average molecular weight is 505 g/mol. The number of nitriles is 1. The van der Waals surface area contributed by atoms with Crippen molar-refractivity contribution in [2.45, 2.75) is 57.7 Å². The molecule has 0 bridgehead atoms. The molecule has 0 spiro atoms. The van der Waals surface area contributed by atoms with E-state index in [0.717, 1.165) is 48.9 Å². The number of aliphatic hydroxyl groups is 1. The highest BCUT2D eigenvalue weighted by Crippen LogP contribution is 2.33. The monoisotopic (exact) mass is 504 g/mol. The Labute approximate surface area is 216 Å². The molecule has 9 heteroatoms. The molecule has 2 aromatic heterocycles. The van der Waals surface area contributed by atoms with E-state index in [9.17, 15) is 14.8 Å². The van der Waals surface area contributed by atoms with E-state index in [1.807, 2.05) is 24.4 Å². The maximum Gasteiger partial charge on any atom is 0.223 e. The molecule has 0 saturated carbocycles. The molecule has 1 aromatic carbocycles. The van der Waals surface area contributed by atoms with Gasteiger partial charge in [0.05, 0.1) is 42.5 Å². The van der Waals surface area contributed by atoms with Crippen LogP contribution < -0.4 is 5.32 Å². The lowest BCUT2D eigenvalue weighted by Gasteiger charge is -2.30. The molecule has 0 aliphatic carbocycles. The zero-order chi connectivity index (χ0) is 25.9. The Balaban J connectivity index is 1.48. The van der Waals surface area contributed by atoms with Crippen LogP contribution in [0.15, 0.2) is 30.6 Å². The molecule has 194 valence electrons. The lowest BCUT2D eigenvalue weighted by molar-refractivity contribution is -0.0136. The maximum atomic E-state index is 15.0. The van der Waals surface area contributed by atoms with Crippen LogP contribution in [0.25, 0.3) is 22.2 Å². The number of hydrogen-bond donors (Lipinski definition) is 2. The summed E-state index contributed by atoms with van der Waals surface area (Å²) in [4.78, 5) is 15.6. The molecule has 4 heterocycles. The number of anilines is 1. The fourth-order valence-electron chi connectivity index (χ4n) is 5.45. The van der Waals surface area contributed by atoms with Gasteiger partial charge in [-0.3, -0.25) is 9.88 Å².